The number of nitrogens with two attached hydrogens (primary N) is 1. The van der Waals surface area contributed by atoms with E-state index in [1.165, 1.54) is 0 Å². The average Bonchev–Trinajstić information content (AvgIpc) is 2.31. The van der Waals surface area contributed by atoms with Crippen LogP contribution in [0.5, 0.6) is 11.5 Å². The number of hydrogen-bond acceptors (Lipinski definition) is 4. The second-order valence-corrected chi connectivity index (χ2v) is 3.63. The van der Waals surface area contributed by atoms with Gasteiger partial charge < -0.3 is 20.4 Å². The zero-order chi connectivity index (χ0) is 12.7. The standard InChI is InChI=1S/C12H18N2O3/c1-3-16-10-4-6-11(7-5-10)17-9(2)8-12(13)14-15/h4-7,9,15H,3,8H2,1-2H3,(H2,13,14). The lowest BCUT2D eigenvalue weighted by Crippen LogP contribution is -2.22. The molecule has 0 aliphatic heterocycles. The molecule has 0 spiro atoms. The summed E-state index contributed by atoms with van der Waals surface area (Å²) in [6.07, 6.45) is 0.229. The monoisotopic (exact) mass is 238 g/mol. The van der Waals surface area contributed by atoms with Crippen LogP contribution in [0.4, 0.5) is 0 Å². The smallest absolute Gasteiger partial charge is 0.142 e. The minimum Gasteiger partial charge on any atom is -0.494 e. The third kappa shape index (κ3) is 4.63. The fourth-order valence-corrected chi connectivity index (χ4v) is 1.39. The van der Waals surface area contributed by atoms with Gasteiger partial charge in [0.1, 0.15) is 23.4 Å². The molecule has 1 atom stereocenters. The van der Waals surface area contributed by atoms with Crippen molar-refractivity contribution < 1.29 is 14.7 Å². The van der Waals surface area contributed by atoms with Gasteiger partial charge in [0, 0.05) is 6.42 Å². The van der Waals surface area contributed by atoms with Gasteiger partial charge in [-0.2, -0.15) is 0 Å². The van der Waals surface area contributed by atoms with Crippen LogP contribution in [0.25, 0.3) is 0 Å². The Morgan fingerprint density at radius 1 is 1.35 bits per heavy atom. The first-order valence-corrected chi connectivity index (χ1v) is 5.51. The molecule has 0 heterocycles. The second-order valence-electron chi connectivity index (χ2n) is 3.63. The molecule has 0 aromatic heterocycles. The maximum atomic E-state index is 8.44. The number of benzene rings is 1. The average molecular weight is 238 g/mol. The highest BCUT2D eigenvalue weighted by molar-refractivity contribution is 5.80. The molecule has 0 bridgehead atoms. The Labute approximate surface area is 101 Å². The van der Waals surface area contributed by atoms with Gasteiger partial charge in [0.2, 0.25) is 0 Å². The maximum absolute atomic E-state index is 8.44. The van der Waals surface area contributed by atoms with Gasteiger partial charge in [-0.15, -0.1) is 0 Å². The van der Waals surface area contributed by atoms with E-state index in [-0.39, 0.29) is 11.9 Å². The summed E-state index contributed by atoms with van der Waals surface area (Å²) in [6.45, 7) is 4.43. The van der Waals surface area contributed by atoms with Gasteiger partial charge in [0.25, 0.3) is 0 Å². The Kier molecular flexibility index (Phi) is 5.13. The summed E-state index contributed by atoms with van der Waals surface area (Å²) < 4.78 is 10.9. The van der Waals surface area contributed by atoms with Crippen LogP contribution in [0.2, 0.25) is 0 Å². The number of amidine groups is 1. The molecule has 0 saturated carbocycles. The normalized spacial score (nSPS) is 13.2. The number of ether oxygens (including phenoxy) is 2. The Morgan fingerprint density at radius 2 is 1.94 bits per heavy atom. The van der Waals surface area contributed by atoms with Gasteiger partial charge in [-0.1, -0.05) is 5.16 Å². The molecule has 1 rings (SSSR count). The summed E-state index contributed by atoms with van der Waals surface area (Å²) in [5.74, 6) is 1.69. The molecule has 0 aliphatic carbocycles. The molecule has 94 valence electrons. The van der Waals surface area contributed by atoms with Crippen molar-refractivity contribution in [1.29, 1.82) is 0 Å². The Morgan fingerprint density at radius 3 is 2.47 bits per heavy atom. The van der Waals surface area contributed by atoms with E-state index < -0.39 is 0 Å². The van der Waals surface area contributed by atoms with Crippen LogP contribution in [0.15, 0.2) is 29.4 Å². The van der Waals surface area contributed by atoms with Crippen LogP contribution in [0, 0.1) is 0 Å². The predicted molar refractivity (Wildman–Crippen MR) is 65.7 cm³/mol. The SMILES string of the molecule is CCOc1ccc(OC(C)CC(N)=NO)cc1. The summed E-state index contributed by atoms with van der Waals surface area (Å²) in [5, 5.41) is 11.3. The Hall–Kier alpha value is -1.91. The van der Waals surface area contributed by atoms with Crippen molar-refractivity contribution in [1.82, 2.24) is 0 Å². The molecule has 0 radical (unpaired) electrons. The molecule has 1 aromatic carbocycles. The zero-order valence-corrected chi connectivity index (χ0v) is 10.1. The fourth-order valence-electron chi connectivity index (χ4n) is 1.39. The first kappa shape index (κ1) is 13.2. The van der Waals surface area contributed by atoms with Crippen LogP contribution in [-0.4, -0.2) is 23.8 Å². The molecule has 1 aromatic rings. The summed E-state index contributed by atoms with van der Waals surface area (Å²) >= 11 is 0. The quantitative estimate of drug-likeness (QED) is 0.344. The van der Waals surface area contributed by atoms with Crippen LogP contribution in [0.1, 0.15) is 20.3 Å². The molecule has 17 heavy (non-hydrogen) atoms. The summed E-state index contributed by atoms with van der Waals surface area (Å²) in [5.41, 5.74) is 5.39. The summed E-state index contributed by atoms with van der Waals surface area (Å²) in [4.78, 5) is 0. The molecule has 0 fully saturated rings. The number of rotatable bonds is 6. The highest BCUT2D eigenvalue weighted by atomic mass is 16.5. The van der Waals surface area contributed by atoms with Gasteiger partial charge in [-0.3, -0.25) is 0 Å². The summed E-state index contributed by atoms with van der Waals surface area (Å²) in [6, 6.07) is 7.34. The van der Waals surface area contributed by atoms with Gasteiger partial charge in [-0.25, -0.2) is 0 Å². The Balaban J connectivity index is 2.51. The molecule has 0 saturated heterocycles. The highest BCUT2D eigenvalue weighted by Gasteiger charge is 2.07. The van der Waals surface area contributed by atoms with E-state index in [2.05, 4.69) is 5.16 Å². The van der Waals surface area contributed by atoms with Crippen molar-refractivity contribution in [2.24, 2.45) is 10.9 Å². The van der Waals surface area contributed by atoms with Gasteiger partial charge in [-0.05, 0) is 38.1 Å². The molecule has 0 amide bonds. The van der Waals surface area contributed by atoms with Crippen LogP contribution >= 0.6 is 0 Å². The maximum Gasteiger partial charge on any atom is 0.142 e. The van der Waals surface area contributed by atoms with Crippen molar-refractivity contribution in [3.05, 3.63) is 24.3 Å². The first-order chi connectivity index (χ1) is 8.15. The highest BCUT2D eigenvalue weighted by Crippen LogP contribution is 2.19. The third-order valence-electron chi connectivity index (χ3n) is 2.10. The number of nitrogens with zero attached hydrogens (tertiary/aromatic N) is 1. The van der Waals surface area contributed by atoms with Crippen molar-refractivity contribution in [2.45, 2.75) is 26.4 Å². The first-order valence-electron chi connectivity index (χ1n) is 5.51. The molecular formula is C12H18N2O3. The van der Waals surface area contributed by atoms with Crippen LogP contribution < -0.4 is 15.2 Å². The Bertz CT molecular complexity index is 363. The lowest BCUT2D eigenvalue weighted by Gasteiger charge is -2.14. The molecule has 5 heteroatoms. The fraction of sp³-hybridized carbons (Fsp3) is 0.417. The van der Waals surface area contributed by atoms with E-state index in [9.17, 15) is 0 Å². The van der Waals surface area contributed by atoms with Gasteiger partial charge in [0.05, 0.1) is 6.61 Å². The third-order valence-corrected chi connectivity index (χ3v) is 2.10. The van der Waals surface area contributed by atoms with E-state index >= 15 is 0 Å². The largest absolute Gasteiger partial charge is 0.494 e. The van der Waals surface area contributed by atoms with E-state index in [0.29, 0.717) is 13.0 Å². The van der Waals surface area contributed by atoms with Gasteiger partial charge in [0.15, 0.2) is 0 Å². The van der Waals surface area contributed by atoms with Crippen molar-refractivity contribution in [3.8, 4) is 11.5 Å². The molecule has 3 N–H and O–H groups in total. The van der Waals surface area contributed by atoms with Crippen LogP contribution in [-0.2, 0) is 0 Å². The van der Waals surface area contributed by atoms with E-state index in [4.69, 9.17) is 20.4 Å². The topological polar surface area (TPSA) is 77.1 Å². The minimum absolute atomic E-state index is 0.149. The van der Waals surface area contributed by atoms with E-state index in [1.807, 2.05) is 38.1 Å². The van der Waals surface area contributed by atoms with E-state index in [1.54, 1.807) is 0 Å². The van der Waals surface area contributed by atoms with Crippen molar-refractivity contribution in [2.75, 3.05) is 6.61 Å². The lowest BCUT2D eigenvalue weighted by atomic mass is 10.2. The molecule has 0 aliphatic rings. The lowest BCUT2D eigenvalue weighted by molar-refractivity contribution is 0.226. The summed E-state index contributed by atoms with van der Waals surface area (Å²) in [7, 11) is 0. The zero-order valence-electron chi connectivity index (χ0n) is 10.1. The molecule has 5 nitrogen and oxygen atoms in total. The predicted octanol–water partition coefficient (Wildman–Crippen LogP) is 1.99. The van der Waals surface area contributed by atoms with Crippen molar-refractivity contribution in [3.63, 3.8) is 0 Å². The number of oxime groups is 1. The second kappa shape index (κ2) is 6.62. The van der Waals surface area contributed by atoms with Gasteiger partial charge >= 0.3 is 0 Å². The minimum atomic E-state index is -0.149. The molecular weight excluding hydrogens is 220 g/mol. The van der Waals surface area contributed by atoms with E-state index in [0.717, 1.165) is 11.5 Å². The number of hydrogen-bond donors (Lipinski definition) is 2. The van der Waals surface area contributed by atoms with Crippen LogP contribution in [0.3, 0.4) is 0 Å². The molecule has 1 unspecified atom stereocenters. The van der Waals surface area contributed by atoms with Crippen molar-refractivity contribution >= 4 is 5.84 Å².